The molecule has 0 spiro atoms. The van der Waals surface area contributed by atoms with Crippen LogP contribution in [0.1, 0.15) is 38.5 Å². The Morgan fingerprint density at radius 3 is 2.61 bits per heavy atom. The summed E-state index contributed by atoms with van der Waals surface area (Å²) in [6, 6.07) is 4.10. The van der Waals surface area contributed by atoms with E-state index in [9.17, 15) is 14.4 Å². The van der Waals surface area contributed by atoms with Crippen molar-refractivity contribution in [3.05, 3.63) is 38.4 Å². The molecule has 2 N–H and O–H groups in total. The van der Waals surface area contributed by atoms with E-state index >= 15 is 0 Å². The number of carbonyl (C=O) groups is 3. The Kier molecular flexibility index (Phi) is 8.22. The minimum absolute atomic E-state index is 0.00355. The molecule has 7 nitrogen and oxygen atoms in total. The quantitative estimate of drug-likeness (QED) is 0.587. The number of hydrogen-bond donors (Lipinski definition) is 2. The van der Waals surface area contributed by atoms with Crippen LogP contribution >= 0.6 is 22.7 Å². The molecular formula is C22H29N3O4S2. The lowest BCUT2D eigenvalue weighted by atomic mass is 9.96. The molecule has 0 unspecified atom stereocenters. The average Bonchev–Trinajstić information content (AvgIpc) is 3.36. The zero-order valence-electron chi connectivity index (χ0n) is 18.2. The molecule has 1 fully saturated rings. The highest BCUT2D eigenvalue weighted by Gasteiger charge is 2.27. The minimum atomic E-state index is -0.442. The number of amides is 2. The summed E-state index contributed by atoms with van der Waals surface area (Å²) in [6.45, 7) is 6.06. The maximum Gasteiger partial charge on any atom is 0.341 e. The van der Waals surface area contributed by atoms with Crippen LogP contribution in [0, 0.1) is 19.8 Å². The van der Waals surface area contributed by atoms with Crippen LogP contribution < -0.4 is 10.6 Å². The number of ether oxygens (including phenoxy) is 1. The fourth-order valence-corrected chi connectivity index (χ4v) is 5.47. The summed E-state index contributed by atoms with van der Waals surface area (Å²) in [4.78, 5) is 41.3. The van der Waals surface area contributed by atoms with E-state index in [0.717, 1.165) is 29.7 Å². The molecule has 3 rings (SSSR count). The van der Waals surface area contributed by atoms with Gasteiger partial charge in [-0.2, -0.15) is 0 Å². The van der Waals surface area contributed by atoms with Gasteiger partial charge >= 0.3 is 5.97 Å². The first-order valence-electron chi connectivity index (χ1n) is 10.4. The number of esters is 1. The number of methoxy groups -OCH3 is 1. The maximum atomic E-state index is 12.6. The fourth-order valence-electron chi connectivity index (χ4n) is 3.69. The van der Waals surface area contributed by atoms with Gasteiger partial charge in [-0.25, -0.2) is 4.79 Å². The zero-order valence-corrected chi connectivity index (χ0v) is 19.8. The Bertz CT molecular complexity index is 916. The summed E-state index contributed by atoms with van der Waals surface area (Å²) in [5.74, 6) is -0.502. The first-order chi connectivity index (χ1) is 14.9. The SMILES string of the molecule is COC(=O)c1c(NC(=O)CN2CCC(C(=O)NCCc3cccs3)CC2)sc(C)c1C. The molecule has 3 heterocycles. The van der Waals surface area contributed by atoms with E-state index in [1.807, 2.05) is 25.3 Å². The predicted octanol–water partition coefficient (Wildman–Crippen LogP) is 3.22. The normalized spacial score (nSPS) is 14.9. The maximum absolute atomic E-state index is 12.6. The van der Waals surface area contributed by atoms with Crippen molar-refractivity contribution < 1.29 is 19.1 Å². The molecule has 1 saturated heterocycles. The van der Waals surface area contributed by atoms with Crippen LogP contribution in [0.3, 0.4) is 0 Å². The summed E-state index contributed by atoms with van der Waals surface area (Å²) < 4.78 is 4.85. The van der Waals surface area contributed by atoms with Gasteiger partial charge in [0.05, 0.1) is 19.2 Å². The number of aryl methyl sites for hydroxylation is 1. The molecule has 168 valence electrons. The smallest absolute Gasteiger partial charge is 0.341 e. The van der Waals surface area contributed by atoms with Crippen LogP contribution in [0.4, 0.5) is 5.00 Å². The van der Waals surface area contributed by atoms with Crippen molar-refractivity contribution in [2.75, 3.05) is 38.6 Å². The third-order valence-electron chi connectivity index (χ3n) is 5.60. The third kappa shape index (κ3) is 6.15. The van der Waals surface area contributed by atoms with E-state index in [4.69, 9.17) is 4.74 Å². The fraction of sp³-hybridized carbons (Fsp3) is 0.500. The van der Waals surface area contributed by atoms with E-state index in [-0.39, 0.29) is 24.3 Å². The molecule has 2 amide bonds. The molecule has 0 saturated carbocycles. The second kappa shape index (κ2) is 10.9. The number of rotatable bonds is 8. The zero-order chi connectivity index (χ0) is 22.4. The lowest BCUT2D eigenvalue weighted by molar-refractivity contribution is -0.126. The van der Waals surface area contributed by atoms with Crippen LogP contribution in [-0.4, -0.2) is 56.0 Å². The summed E-state index contributed by atoms with van der Waals surface area (Å²) in [5.41, 5.74) is 1.26. The molecule has 31 heavy (non-hydrogen) atoms. The Balaban J connectivity index is 1.43. The van der Waals surface area contributed by atoms with Gasteiger partial charge in [-0.3, -0.25) is 14.5 Å². The van der Waals surface area contributed by atoms with Gasteiger partial charge < -0.3 is 15.4 Å². The molecule has 0 bridgehead atoms. The minimum Gasteiger partial charge on any atom is -0.465 e. The molecule has 2 aromatic heterocycles. The van der Waals surface area contributed by atoms with Crippen molar-refractivity contribution in [1.82, 2.24) is 10.2 Å². The van der Waals surface area contributed by atoms with Crippen molar-refractivity contribution in [2.45, 2.75) is 33.1 Å². The number of piperidine rings is 1. The van der Waals surface area contributed by atoms with Gasteiger partial charge in [-0.15, -0.1) is 22.7 Å². The third-order valence-corrected chi connectivity index (χ3v) is 7.66. The molecule has 0 radical (unpaired) electrons. The largest absolute Gasteiger partial charge is 0.465 e. The van der Waals surface area contributed by atoms with Gasteiger partial charge in [0.25, 0.3) is 0 Å². The van der Waals surface area contributed by atoms with Gasteiger partial charge in [0.2, 0.25) is 11.8 Å². The van der Waals surface area contributed by atoms with E-state index < -0.39 is 5.97 Å². The van der Waals surface area contributed by atoms with Crippen molar-refractivity contribution in [1.29, 1.82) is 0 Å². The van der Waals surface area contributed by atoms with Crippen molar-refractivity contribution in [2.24, 2.45) is 5.92 Å². The first kappa shape index (κ1) is 23.4. The summed E-state index contributed by atoms with van der Waals surface area (Å²) >= 11 is 3.08. The van der Waals surface area contributed by atoms with E-state index in [0.29, 0.717) is 30.2 Å². The lowest BCUT2D eigenvalue weighted by Gasteiger charge is -2.30. The van der Waals surface area contributed by atoms with Crippen molar-refractivity contribution in [3.63, 3.8) is 0 Å². The van der Waals surface area contributed by atoms with E-state index in [1.54, 1.807) is 11.3 Å². The van der Waals surface area contributed by atoms with Gasteiger partial charge in [0.1, 0.15) is 5.00 Å². The Labute approximate surface area is 190 Å². The summed E-state index contributed by atoms with van der Waals surface area (Å²) in [7, 11) is 1.34. The number of nitrogens with zero attached hydrogens (tertiary/aromatic N) is 1. The predicted molar refractivity (Wildman–Crippen MR) is 124 cm³/mol. The van der Waals surface area contributed by atoms with Crippen LogP contribution in [0.5, 0.6) is 0 Å². The summed E-state index contributed by atoms with van der Waals surface area (Å²) in [5, 5.41) is 8.48. The molecule has 0 aliphatic carbocycles. The van der Waals surface area contributed by atoms with Crippen molar-refractivity contribution >= 4 is 45.5 Å². The number of anilines is 1. The van der Waals surface area contributed by atoms with Crippen LogP contribution in [0.2, 0.25) is 0 Å². The average molecular weight is 464 g/mol. The highest BCUT2D eigenvalue weighted by atomic mass is 32.1. The van der Waals surface area contributed by atoms with Crippen LogP contribution in [0.15, 0.2) is 17.5 Å². The molecule has 2 aromatic rings. The highest BCUT2D eigenvalue weighted by Crippen LogP contribution is 2.33. The number of thiophene rings is 2. The van der Waals surface area contributed by atoms with Gasteiger partial charge in [-0.1, -0.05) is 6.07 Å². The van der Waals surface area contributed by atoms with Crippen LogP contribution in [0.25, 0.3) is 0 Å². The Hall–Kier alpha value is -2.23. The Morgan fingerprint density at radius 2 is 1.97 bits per heavy atom. The monoisotopic (exact) mass is 463 g/mol. The van der Waals surface area contributed by atoms with E-state index in [1.165, 1.54) is 23.3 Å². The number of hydrogen-bond acceptors (Lipinski definition) is 7. The second-order valence-electron chi connectivity index (χ2n) is 7.70. The summed E-state index contributed by atoms with van der Waals surface area (Å²) in [6.07, 6.45) is 2.34. The first-order valence-corrected chi connectivity index (χ1v) is 12.1. The Morgan fingerprint density at radius 1 is 1.23 bits per heavy atom. The number of carbonyl (C=O) groups excluding carboxylic acids is 3. The van der Waals surface area contributed by atoms with Gasteiger partial charge in [0.15, 0.2) is 0 Å². The van der Waals surface area contributed by atoms with Gasteiger partial charge in [-0.05, 0) is 63.2 Å². The number of nitrogens with one attached hydrogen (secondary N) is 2. The molecule has 0 atom stereocenters. The standard InChI is InChI=1S/C22H29N3O4S2/c1-14-15(2)31-21(19(14)22(28)29-3)24-18(26)13-25-10-7-16(8-11-25)20(27)23-9-6-17-5-4-12-30-17/h4-5,12,16H,6-11,13H2,1-3H3,(H,23,27)(H,24,26). The second-order valence-corrected chi connectivity index (χ2v) is 9.95. The molecule has 9 heteroatoms. The van der Waals surface area contributed by atoms with Crippen molar-refractivity contribution in [3.8, 4) is 0 Å². The highest BCUT2D eigenvalue weighted by molar-refractivity contribution is 7.16. The topological polar surface area (TPSA) is 87.7 Å². The van der Waals surface area contributed by atoms with E-state index in [2.05, 4.69) is 21.6 Å². The molecule has 1 aliphatic heterocycles. The lowest BCUT2D eigenvalue weighted by Crippen LogP contribution is -2.43. The van der Waals surface area contributed by atoms with Crippen LogP contribution in [-0.2, 0) is 20.7 Å². The number of likely N-dealkylation sites (tertiary alicyclic amines) is 1. The molecule has 0 aromatic carbocycles. The molecule has 1 aliphatic rings. The molecular weight excluding hydrogens is 434 g/mol. The van der Waals surface area contributed by atoms with Gasteiger partial charge in [0, 0.05) is 22.2 Å².